The molecule has 0 radical (unpaired) electrons. The molecular formula is C37H30O15. The lowest BCUT2D eigenvalue weighted by Gasteiger charge is -2.42. The molecule has 15 heteroatoms. The smallest absolute Gasteiger partial charge is 0.338 e. The Morgan fingerprint density at radius 1 is 0.750 bits per heavy atom. The summed E-state index contributed by atoms with van der Waals surface area (Å²) in [6.07, 6.45) is -5.67. The molecule has 0 unspecified atom stereocenters. The van der Waals surface area contributed by atoms with Gasteiger partial charge < -0.3 is 59.1 Å². The third kappa shape index (κ3) is 7.26. The van der Waals surface area contributed by atoms with E-state index in [1.807, 2.05) is 0 Å². The van der Waals surface area contributed by atoms with Gasteiger partial charge in [0, 0.05) is 23.8 Å². The Morgan fingerprint density at radius 2 is 1.42 bits per heavy atom. The normalized spacial score (nSPS) is 20.1. The molecule has 52 heavy (non-hydrogen) atoms. The number of benzene rings is 4. The van der Waals surface area contributed by atoms with Crippen LogP contribution in [0, 0.1) is 0 Å². The fourth-order valence-corrected chi connectivity index (χ4v) is 5.44. The van der Waals surface area contributed by atoms with Gasteiger partial charge in [0.1, 0.15) is 40.1 Å². The molecule has 1 fully saturated rings. The zero-order chi connectivity index (χ0) is 37.3. The summed E-state index contributed by atoms with van der Waals surface area (Å²) in [5.74, 6) is -5.37. The van der Waals surface area contributed by atoms with Gasteiger partial charge in [-0.1, -0.05) is 12.1 Å². The van der Waals surface area contributed by atoms with Crippen LogP contribution in [0.5, 0.6) is 40.2 Å². The number of hydrogen-bond donors (Lipinski definition) is 7. The van der Waals surface area contributed by atoms with Gasteiger partial charge in [-0.05, 0) is 73.2 Å². The number of fused-ring (bicyclic) bond motifs is 1. The fourth-order valence-electron chi connectivity index (χ4n) is 5.44. The number of rotatable bonds is 8. The number of carbonyl (C=O) groups is 2. The summed E-state index contributed by atoms with van der Waals surface area (Å²) < 4.78 is 29.0. The highest BCUT2D eigenvalue weighted by Crippen LogP contribution is 2.40. The Morgan fingerprint density at radius 3 is 2.10 bits per heavy atom. The molecule has 0 bridgehead atoms. The first-order valence-corrected chi connectivity index (χ1v) is 15.5. The lowest BCUT2D eigenvalue weighted by molar-refractivity contribution is -0.271. The third-order valence-electron chi connectivity index (χ3n) is 8.05. The molecule has 1 saturated heterocycles. The Labute approximate surface area is 293 Å². The average molecular weight is 715 g/mol. The van der Waals surface area contributed by atoms with E-state index in [0.717, 1.165) is 30.3 Å². The number of aliphatic hydroxyl groups is 1. The van der Waals surface area contributed by atoms with E-state index < -0.39 is 82.2 Å². The van der Waals surface area contributed by atoms with Crippen molar-refractivity contribution in [3.05, 3.63) is 106 Å². The first-order valence-electron chi connectivity index (χ1n) is 15.5. The monoisotopic (exact) mass is 714 g/mol. The van der Waals surface area contributed by atoms with Gasteiger partial charge in [0.05, 0.1) is 11.7 Å². The van der Waals surface area contributed by atoms with Crippen LogP contribution >= 0.6 is 0 Å². The first-order chi connectivity index (χ1) is 24.8. The van der Waals surface area contributed by atoms with Gasteiger partial charge >= 0.3 is 11.9 Å². The van der Waals surface area contributed by atoms with Gasteiger partial charge in [0.2, 0.25) is 17.5 Å². The van der Waals surface area contributed by atoms with Crippen LogP contribution < -0.4 is 10.2 Å². The van der Waals surface area contributed by atoms with Crippen LogP contribution in [-0.4, -0.2) is 78.4 Å². The summed E-state index contributed by atoms with van der Waals surface area (Å²) in [6, 6.07) is 16.2. The summed E-state index contributed by atoms with van der Waals surface area (Å²) in [5, 5.41) is 71.1. The van der Waals surface area contributed by atoms with Gasteiger partial charge in [-0.2, -0.15) is 0 Å². The molecule has 0 saturated carbocycles. The minimum absolute atomic E-state index is 0.0200. The lowest BCUT2D eigenvalue weighted by Crippen LogP contribution is -2.61. The zero-order valence-corrected chi connectivity index (χ0v) is 26.9. The maximum absolute atomic E-state index is 14.0. The third-order valence-corrected chi connectivity index (χ3v) is 8.05. The molecule has 6 rings (SSSR count). The number of phenolic OH excluding ortho intramolecular Hbond substituents is 6. The van der Waals surface area contributed by atoms with Crippen molar-refractivity contribution in [2.45, 2.75) is 37.6 Å². The van der Waals surface area contributed by atoms with Crippen molar-refractivity contribution in [3.63, 3.8) is 0 Å². The van der Waals surface area contributed by atoms with Crippen molar-refractivity contribution in [1.82, 2.24) is 0 Å². The topological polar surface area (TPSA) is 243 Å². The summed E-state index contributed by atoms with van der Waals surface area (Å²) in [6.45, 7) is 1.41. The van der Waals surface area contributed by atoms with Crippen LogP contribution in [0.15, 0.2) is 94.2 Å². The largest absolute Gasteiger partial charge is 0.508 e. The first kappa shape index (κ1) is 35.1. The second-order valence-electron chi connectivity index (χ2n) is 11.7. The number of aliphatic hydroxyl groups excluding tert-OH is 1. The van der Waals surface area contributed by atoms with Crippen molar-refractivity contribution in [2.24, 2.45) is 0 Å². The number of phenols is 6. The molecule has 5 aromatic rings. The van der Waals surface area contributed by atoms with Crippen molar-refractivity contribution >= 4 is 29.0 Å². The van der Waals surface area contributed by atoms with Crippen LogP contribution in [0.4, 0.5) is 0 Å². The van der Waals surface area contributed by atoms with E-state index in [2.05, 4.69) is 0 Å². The van der Waals surface area contributed by atoms with E-state index in [4.69, 9.17) is 23.4 Å². The van der Waals surface area contributed by atoms with E-state index in [1.165, 1.54) is 55.5 Å². The van der Waals surface area contributed by atoms with Crippen molar-refractivity contribution in [3.8, 4) is 51.6 Å². The van der Waals surface area contributed by atoms with E-state index in [1.54, 1.807) is 12.1 Å². The van der Waals surface area contributed by atoms with Crippen molar-refractivity contribution in [2.75, 3.05) is 0 Å². The van der Waals surface area contributed by atoms with Crippen molar-refractivity contribution < 1.29 is 68.7 Å². The number of aromatic hydroxyl groups is 6. The Balaban J connectivity index is 1.39. The molecule has 15 nitrogen and oxygen atoms in total. The van der Waals surface area contributed by atoms with E-state index in [9.17, 15) is 50.1 Å². The Hall–Kier alpha value is -6.71. The van der Waals surface area contributed by atoms with Crippen LogP contribution in [-0.2, 0) is 19.0 Å². The van der Waals surface area contributed by atoms with E-state index in [-0.39, 0.29) is 34.0 Å². The van der Waals surface area contributed by atoms with Gasteiger partial charge in [-0.3, -0.25) is 4.79 Å². The van der Waals surface area contributed by atoms with Gasteiger partial charge in [-0.15, -0.1) is 0 Å². The summed E-state index contributed by atoms with van der Waals surface area (Å²) in [4.78, 5) is 40.1. The van der Waals surface area contributed by atoms with Crippen LogP contribution in [0.3, 0.4) is 0 Å². The highest BCUT2D eigenvalue weighted by Gasteiger charge is 2.50. The van der Waals surface area contributed by atoms with E-state index >= 15 is 0 Å². The molecule has 1 aromatic heterocycles. The standard InChI is InChI=1S/C37H30O15/c1-17-32(50-28(44)13-4-18-2-8-21(38)9-3-18)31(46)35(51-36(47)19-5-10-22(39)11-6-19)37(48-17)52-34-30(45)29-26(43)15-23(40)16-27(29)49-33(34)20-7-12-24(41)25(42)14-20/h2-17,31-32,35,37-43,46H,1H3/t17-,31+,32+,35-,37-/m0/s1. The lowest BCUT2D eigenvalue weighted by atomic mass is 9.99. The van der Waals surface area contributed by atoms with Gasteiger partial charge in [0.15, 0.2) is 29.5 Å². The minimum Gasteiger partial charge on any atom is -0.508 e. The molecule has 2 heterocycles. The molecule has 1 aliphatic rings. The maximum atomic E-state index is 14.0. The van der Waals surface area contributed by atoms with E-state index in [0.29, 0.717) is 5.56 Å². The highest BCUT2D eigenvalue weighted by atomic mass is 16.7. The Bertz CT molecular complexity index is 2220. The summed E-state index contributed by atoms with van der Waals surface area (Å²) in [7, 11) is 0. The average Bonchev–Trinajstić information content (AvgIpc) is 3.10. The summed E-state index contributed by atoms with van der Waals surface area (Å²) in [5.41, 5.74) is -0.850. The molecule has 0 spiro atoms. The molecule has 7 N–H and O–H groups in total. The molecule has 5 atom stereocenters. The highest BCUT2D eigenvalue weighted by molar-refractivity contribution is 5.90. The SMILES string of the molecule is C[C@@H]1O[C@@H](Oc2c(-c3ccc(O)c(O)c3)oc3cc(O)cc(O)c3c2=O)[C@@H](OC(=O)c2ccc(O)cc2)[C@H](O)[C@@H]1OC(=O)C=Cc1ccc(O)cc1. The molecule has 0 aliphatic carbocycles. The molecule has 4 aromatic carbocycles. The summed E-state index contributed by atoms with van der Waals surface area (Å²) >= 11 is 0. The number of hydrogen-bond acceptors (Lipinski definition) is 15. The molecule has 0 amide bonds. The van der Waals surface area contributed by atoms with Gasteiger partial charge in [0.25, 0.3) is 0 Å². The van der Waals surface area contributed by atoms with Crippen LogP contribution in [0.25, 0.3) is 28.4 Å². The predicted octanol–water partition coefficient (Wildman–Crippen LogP) is 4.03. The zero-order valence-electron chi connectivity index (χ0n) is 26.9. The van der Waals surface area contributed by atoms with Crippen LogP contribution in [0.2, 0.25) is 0 Å². The minimum atomic E-state index is -1.85. The second kappa shape index (κ2) is 14.3. The predicted molar refractivity (Wildman–Crippen MR) is 180 cm³/mol. The number of esters is 2. The maximum Gasteiger partial charge on any atom is 0.338 e. The quantitative estimate of drug-likeness (QED) is 0.0682. The fraction of sp³-hybridized carbons (Fsp3) is 0.162. The van der Waals surface area contributed by atoms with Crippen molar-refractivity contribution in [1.29, 1.82) is 0 Å². The van der Waals surface area contributed by atoms with Crippen LogP contribution in [0.1, 0.15) is 22.8 Å². The molecule has 268 valence electrons. The Kier molecular flexibility index (Phi) is 9.63. The second-order valence-corrected chi connectivity index (χ2v) is 11.7. The molecular weight excluding hydrogens is 684 g/mol. The number of carbonyl (C=O) groups excluding carboxylic acids is 2. The number of ether oxygens (including phenoxy) is 4. The molecule has 1 aliphatic heterocycles. The van der Waals surface area contributed by atoms with Gasteiger partial charge in [-0.25, -0.2) is 9.59 Å².